The number of rotatable bonds is 9. The van der Waals surface area contributed by atoms with Crippen molar-refractivity contribution in [1.29, 1.82) is 0 Å². The summed E-state index contributed by atoms with van der Waals surface area (Å²) in [4.78, 5) is 56.2. The standard InChI is InChI=1S/C14H16ClN5O9S2.Na/c1-28-9(22)3-7-11(13(24)20(7)31(25,26)27)18-12(23)10(19-29-2)6-5-30-14(16-6)17-8(21)4-15;/h5,7,11H,3-4H2,1-2H3,(H,18,23)(H,16,17,21)(H,25,26,27);/q;+1/p-1/b19-10-;. The summed E-state index contributed by atoms with van der Waals surface area (Å²) in [5.74, 6) is -4.02. The summed E-state index contributed by atoms with van der Waals surface area (Å²) in [7, 11) is -3.06. The van der Waals surface area contributed by atoms with E-state index in [9.17, 15) is 32.1 Å². The molecule has 32 heavy (non-hydrogen) atoms. The van der Waals surface area contributed by atoms with Gasteiger partial charge in [0.15, 0.2) is 21.1 Å². The monoisotopic (exact) mass is 519 g/mol. The van der Waals surface area contributed by atoms with E-state index in [4.69, 9.17) is 11.6 Å². The molecular formula is C14H15ClN5NaO9S2. The molecule has 0 spiro atoms. The van der Waals surface area contributed by atoms with Gasteiger partial charge in [-0.25, -0.2) is 17.7 Å². The van der Waals surface area contributed by atoms with Crippen molar-refractivity contribution in [2.45, 2.75) is 18.5 Å². The summed E-state index contributed by atoms with van der Waals surface area (Å²) in [6.07, 6.45) is -0.656. The van der Waals surface area contributed by atoms with Crippen LogP contribution in [0.5, 0.6) is 0 Å². The maximum Gasteiger partial charge on any atom is 1.00 e. The molecule has 0 bridgehead atoms. The molecule has 1 aliphatic rings. The van der Waals surface area contributed by atoms with Gasteiger partial charge in [0, 0.05) is 5.38 Å². The Hall–Kier alpha value is -1.82. The predicted molar refractivity (Wildman–Crippen MR) is 104 cm³/mol. The van der Waals surface area contributed by atoms with E-state index < -0.39 is 58.2 Å². The largest absolute Gasteiger partial charge is 1.00 e. The topological polar surface area (TPSA) is 196 Å². The Morgan fingerprint density at radius 1 is 1.38 bits per heavy atom. The van der Waals surface area contributed by atoms with Crippen LogP contribution in [0.25, 0.3) is 0 Å². The number of alkyl halides is 1. The van der Waals surface area contributed by atoms with Crippen LogP contribution in [-0.2, 0) is 39.1 Å². The van der Waals surface area contributed by atoms with Crippen LogP contribution in [0.1, 0.15) is 12.1 Å². The van der Waals surface area contributed by atoms with Crippen LogP contribution in [0.2, 0.25) is 0 Å². The summed E-state index contributed by atoms with van der Waals surface area (Å²) in [5, 5.41) is 9.55. The van der Waals surface area contributed by atoms with Gasteiger partial charge in [0.2, 0.25) is 5.91 Å². The first-order chi connectivity index (χ1) is 14.5. The van der Waals surface area contributed by atoms with Gasteiger partial charge in [0.1, 0.15) is 24.7 Å². The second-order valence-corrected chi connectivity index (χ2v) is 8.11. The summed E-state index contributed by atoms with van der Waals surface area (Å²) in [6.45, 7) is 0. The fraction of sp³-hybridized carbons (Fsp3) is 0.429. The van der Waals surface area contributed by atoms with Crippen molar-refractivity contribution < 1.29 is 71.3 Å². The van der Waals surface area contributed by atoms with E-state index in [0.717, 1.165) is 25.6 Å². The molecule has 170 valence electrons. The summed E-state index contributed by atoms with van der Waals surface area (Å²) < 4.78 is 38.3. The number of esters is 1. The number of nitrogens with zero attached hydrogens (tertiary/aromatic N) is 3. The van der Waals surface area contributed by atoms with Gasteiger partial charge < -0.3 is 24.8 Å². The smallest absolute Gasteiger partial charge is 0.731 e. The number of hydrogen-bond acceptors (Lipinski definition) is 12. The maximum absolute atomic E-state index is 12.6. The molecule has 2 heterocycles. The minimum absolute atomic E-state index is 0. The molecule has 14 nitrogen and oxygen atoms in total. The number of aromatic nitrogens is 1. The zero-order valence-corrected chi connectivity index (χ0v) is 21.2. The molecule has 0 saturated carbocycles. The van der Waals surface area contributed by atoms with Crippen LogP contribution >= 0.6 is 22.9 Å². The van der Waals surface area contributed by atoms with Gasteiger partial charge in [-0.2, -0.15) is 0 Å². The number of nitrogens with one attached hydrogen (secondary N) is 2. The zero-order chi connectivity index (χ0) is 23.3. The van der Waals surface area contributed by atoms with E-state index in [-0.39, 0.29) is 50.6 Å². The van der Waals surface area contributed by atoms with E-state index in [2.05, 4.69) is 30.3 Å². The predicted octanol–water partition coefficient (Wildman–Crippen LogP) is -4.61. The third kappa shape index (κ3) is 6.60. The first-order valence-corrected chi connectivity index (χ1v) is 10.9. The average molecular weight is 520 g/mol. The van der Waals surface area contributed by atoms with Gasteiger partial charge in [0.25, 0.3) is 11.8 Å². The van der Waals surface area contributed by atoms with E-state index in [0.29, 0.717) is 0 Å². The van der Waals surface area contributed by atoms with Gasteiger partial charge in [-0.15, -0.1) is 22.9 Å². The fourth-order valence-electron chi connectivity index (χ4n) is 2.51. The molecule has 0 aromatic carbocycles. The third-order valence-corrected chi connectivity index (χ3v) is 5.75. The number of carbonyl (C=O) groups excluding carboxylic acids is 4. The number of amides is 3. The van der Waals surface area contributed by atoms with Crippen LogP contribution in [0.15, 0.2) is 10.5 Å². The molecule has 2 atom stereocenters. The molecule has 1 aliphatic heterocycles. The number of halogens is 1. The molecule has 18 heteroatoms. The number of β-lactam (4-membered cyclic amide) rings is 1. The second kappa shape index (κ2) is 11.9. The Labute approximate surface area is 212 Å². The molecule has 3 amide bonds. The number of methoxy groups -OCH3 is 1. The summed E-state index contributed by atoms with van der Waals surface area (Å²) in [6, 6.07) is -3.00. The van der Waals surface area contributed by atoms with Gasteiger partial charge >= 0.3 is 35.5 Å². The molecule has 0 radical (unpaired) electrons. The molecule has 1 aromatic heterocycles. The van der Waals surface area contributed by atoms with Crippen molar-refractivity contribution in [3.05, 3.63) is 11.1 Å². The van der Waals surface area contributed by atoms with Gasteiger partial charge in [-0.3, -0.25) is 19.2 Å². The fourth-order valence-corrected chi connectivity index (χ4v) is 4.15. The van der Waals surface area contributed by atoms with E-state index in [1.165, 1.54) is 5.38 Å². The number of carbonyl (C=O) groups is 4. The van der Waals surface area contributed by atoms with Crippen LogP contribution in [0.4, 0.5) is 5.13 Å². The van der Waals surface area contributed by atoms with Crippen LogP contribution in [0.3, 0.4) is 0 Å². The quantitative estimate of drug-likeness (QED) is 0.0609. The van der Waals surface area contributed by atoms with Crippen LogP contribution < -0.4 is 40.2 Å². The Balaban J connectivity index is 0.00000512. The number of hydrogen-bond donors (Lipinski definition) is 2. The summed E-state index contributed by atoms with van der Waals surface area (Å²) >= 11 is 6.34. The molecule has 1 saturated heterocycles. The van der Waals surface area contributed by atoms with Gasteiger partial charge in [-0.1, -0.05) is 5.16 Å². The van der Waals surface area contributed by atoms with Crippen molar-refractivity contribution in [1.82, 2.24) is 14.6 Å². The number of ether oxygens (including phenoxy) is 1. The molecule has 1 aromatic rings. The van der Waals surface area contributed by atoms with Crippen molar-refractivity contribution in [2.75, 3.05) is 25.4 Å². The van der Waals surface area contributed by atoms with Crippen LogP contribution in [-0.4, -0.2) is 83.8 Å². The molecule has 1 fully saturated rings. The maximum atomic E-state index is 12.6. The average Bonchev–Trinajstić information content (AvgIpc) is 3.16. The normalized spacial score (nSPS) is 18.2. The minimum atomic E-state index is -5.22. The van der Waals surface area contributed by atoms with Crippen molar-refractivity contribution >= 4 is 67.8 Å². The van der Waals surface area contributed by atoms with E-state index >= 15 is 0 Å². The first-order valence-electron chi connectivity index (χ1n) is 8.13. The second-order valence-electron chi connectivity index (χ2n) is 5.73. The Kier molecular flexibility index (Phi) is 10.5. The van der Waals surface area contributed by atoms with E-state index in [1.54, 1.807) is 0 Å². The van der Waals surface area contributed by atoms with E-state index in [1.807, 2.05) is 0 Å². The summed E-state index contributed by atoms with van der Waals surface area (Å²) in [5.41, 5.74) is -0.461. The Bertz CT molecular complexity index is 1030. The molecule has 2 unspecified atom stereocenters. The van der Waals surface area contributed by atoms with Crippen molar-refractivity contribution in [3.8, 4) is 0 Å². The minimum Gasteiger partial charge on any atom is -0.731 e. The van der Waals surface area contributed by atoms with Gasteiger partial charge in [0.05, 0.1) is 19.6 Å². The van der Waals surface area contributed by atoms with Crippen molar-refractivity contribution in [3.63, 3.8) is 0 Å². The number of oxime groups is 1. The number of thiazole rings is 1. The first kappa shape index (κ1) is 28.2. The zero-order valence-electron chi connectivity index (χ0n) is 16.9. The Morgan fingerprint density at radius 2 is 2.03 bits per heavy atom. The Morgan fingerprint density at radius 3 is 2.56 bits per heavy atom. The molecule has 0 aliphatic carbocycles. The number of anilines is 1. The molecule has 2 N–H and O–H groups in total. The van der Waals surface area contributed by atoms with Crippen molar-refractivity contribution in [2.24, 2.45) is 5.16 Å². The third-order valence-electron chi connectivity index (χ3n) is 3.81. The molecule has 2 rings (SSSR count). The SMILES string of the molecule is CO/N=C(\C(=O)NC1C(=O)N(S(=O)(=O)[O-])C1CC(=O)OC)c1csc(NC(=O)CCl)n1.[Na+]. The van der Waals surface area contributed by atoms with Gasteiger partial charge in [-0.05, 0) is 0 Å². The van der Waals surface area contributed by atoms with Crippen LogP contribution in [0, 0.1) is 0 Å². The molecular weight excluding hydrogens is 505 g/mol.